The summed E-state index contributed by atoms with van der Waals surface area (Å²) in [5.74, 6) is 1.28. The second-order valence-corrected chi connectivity index (χ2v) is 5.26. The minimum atomic E-state index is -0.415. The second-order valence-electron chi connectivity index (χ2n) is 5.26. The molecule has 5 nitrogen and oxygen atoms in total. The van der Waals surface area contributed by atoms with Gasteiger partial charge >= 0.3 is 6.09 Å². The Hall–Kier alpha value is -2.56. The second kappa shape index (κ2) is 8.78. The Morgan fingerprint density at radius 2 is 1.96 bits per heavy atom. The predicted molar refractivity (Wildman–Crippen MR) is 88.6 cm³/mol. The fourth-order valence-electron chi connectivity index (χ4n) is 1.95. The SMILES string of the molecule is CCCCOc1ccc(CN(C)C(=O)Oc2cccnc2)cc1. The molecule has 23 heavy (non-hydrogen) atoms. The van der Waals surface area contributed by atoms with E-state index in [0.717, 1.165) is 30.8 Å². The van der Waals surface area contributed by atoms with Crippen LogP contribution in [0.15, 0.2) is 48.8 Å². The quantitative estimate of drug-likeness (QED) is 0.728. The maximum Gasteiger partial charge on any atom is 0.415 e. The third-order valence-electron chi connectivity index (χ3n) is 3.26. The Bertz CT molecular complexity index is 599. The first kappa shape index (κ1) is 16.8. The van der Waals surface area contributed by atoms with Crippen molar-refractivity contribution >= 4 is 6.09 Å². The summed E-state index contributed by atoms with van der Waals surface area (Å²) >= 11 is 0. The number of unbranched alkanes of at least 4 members (excludes halogenated alkanes) is 1. The molecule has 0 fully saturated rings. The average Bonchev–Trinajstić information content (AvgIpc) is 2.57. The van der Waals surface area contributed by atoms with Crippen LogP contribution in [0.25, 0.3) is 0 Å². The smallest absolute Gasteiger partial charge is 0.415 e. The number of aromatic nitrogens is 1. The van der Waals surface area contributed by atoms with Crippen LogP contribution >= 0.6 is 0 Å². The number of ether oxygens (including phenoxy) is 2. The lowest BCUT2D eigenvalue weighted by molar-refractivity contribution is 0.160. The highest BCUT2D eigenvalue weighted by Gasteiger charge is 2.11. The molecule has 122 valence electrons. The van der Waals surface area contributed by atoms with Crippen molar-refractivity contribution < 1.29 is 14.3 Å². The lowest BCUT2D eigenvalue weighted by atomic mass is 10.2. The standard InChI is InChI=1S/C18H22N2O3/c1-3-4-12-22-16-9-7-15(8-10-16)14-20(2)18(21)23-17-6-5-11-19-13-17/h5-11,13H,3-4,12,14H2,1-2H3. The van der Waals surface area contributed by atoms with Crippen molar-refractivity contribution in [2.45, 2.75) is 26.3 Å². The van der Waals surface area contributed by atoms with Gasteiger partial charge in [-0.2, -0.15) is 0 Å². The van der Waals surface area contributed by atoms with Crippen molar-refractivity contribution in [3.63, 3.8) is 0 Å². The van der Waals surface area contributed by atoms with Gasteiger partial charge in [-0.3, -0.25) is 4.98 Å². The van der Waals surface area contributed by atoms with Crippen molar-refractivity contribution in [2.75, 3.05) is 13.7 Å². The number of hydrogen-bond acceptors (Lipinski definition) is 4. The fourth-order valence-corrected chi connectivity index (χ4v) is 1.95. The lowest BCUT2D eigenvalue weighted by Crippen LogP contribution is -2.29. The van der Waals surface area contributed by atoms with Crippen LogP contribution in [0.1, 0.15) is 25.3 Å². The van der Waals surface area contributed by atoms with Gasteiger partial charge in [0.1, 0.15) is 5.75 Å². The number of carbonyl (C=O) groups is 1. The third-order valence-corrected chi connectivity index (χ3v) is 3.26. The van der Waals surface area contributed by atoms with Crippen LogP contribution in [0, 0.1) is 0 Å². The normalized spacial score (nSPS) is 10.2. The van der Waals surface area contributed by atoms with E-state index in [4.69, 9.17) is 9.47 Å². The minimum absolute atomic E-state index is 0.415. The van der Waals surface area contributed by atoms with Gasteiger partial charge in [-0.05, 0) is 36.2 Å². The van der Waals surface area contributed by atoms with Gasteiger partial charge < -0.3 is 14.4 Å². The summed E-state index contributed by atoms with van der Waals surface area (Å²) in [4.78, 5) is 17.4. The molecule has 1 heterocycles. The molecule has 0 atom stereocenters. The van der Waals surface area contributed by atoms with Crippen LogP contribution in [0.3, 0.4) is 0 Å². The summed E-state index contributed by atoms with van der Waals surface area (Å²) in [6, 6.07) is 11.2. The summed E-state index contributed by atoms with van der Waals surface area (Å²) in [5.41, 5.74) is 1.01. The van der Waals surface area contributed by atoms with Crippen LogP contribution < -0.4 is 9.47 Å². The number of rotatable bonds is 7. The number of nitrogens with zero attached hydrogens (tertiary/aromatic N) is 2. The van der Waals surface area contributed by atoms with Gasteiger partial charge in [0, 0.05) is 19.8 Å². The lowest BCUT2D eigenvalue weighted by Gasteiger charge is -2.17. The summed E-state index contributed by atoms with van der Waals surface area (Å²) in [5, 5.41) is 0. The fraction of sp³-hybridized carbons (Fsp3) is 0.333. The van der Waals surface area contributed by atoms with E-state index in [1.54, 1.807) is 25.4 Å². The highest BCUT2D eigenvalue weighted by molar-refractivity contribution is 5.70. The molecule has 1 amide bonds. The minimum Gasteiger partial charge on any atom is -0.494 e. The van der Waals surface area contributed by atoms with Gasteiger partial charge in [0.25, 0.3) is 0 Å². The zero-order valence-corrected chi connectivity index (χ0v) is 13.6. The van der Waals surface area contributed by atoms with Crippen molar-refractivity contribution in [1.82, 2.24) is 9.88 Å². The Morgan fingerprint density at radius 1 is 1.17 bits per heavy atom. The number of pyridine rings is 1. The van der Waals surface area contributed by atoms with Crippen molar-refractivity contribution in [2.24, 2.45) is 0 Å². The van der Waals surface area contributed by atoms with Gasteiger partial charge in [0.15, 0.2) is 5.75 Å². The number of carbonyl (C=O) groups excluding carboxylic acids is 1. The maximum absolute atomic E-state index is 12.0. The van der Waals surface area contributed by atoms with Crippen LogP contribution in [-0.2, 0) is 6.54 Å². The monoisotopic (exact) mass is 314 g/mol. The molecular formula is C18H22N2O3. The molecule has 0 saturated carbocycles. The first-order valence-corrected chi connectivity index (χ1v) is 7.73. The van der Waals surface area contributed by atoms with Crippen LogP contribution in [0.2, 0.25) is 0 Å². The van der Waals surface area contributed by atoms with Crippen LogP contribution in [-0.4, -0.2) is 29.6 Å². The van der Waals surface area contributed by atoms with Gasteiger partial charge in [-0.25, -0.2) is 4.79 Å². The number of hydrogen-bond donors (Lipinski definition) is 0. The van der Waals surface area contributed by atoms with E-state index >= 15 is 0 Å². The summed E-state index contributed by atoms with van der Waals surface area (Å²) < 4.78 is 10.9. The largest absolute Gasteiger partial charge is 0.494 e. The first-order chi connectivity index (χ1) is 11.2. The molecule has 0 aliphatic rings. The van der Waals surface area contributed by atoms with Gasteiger partial charge in [-0.1, -0.05) is 25.5 Å². The summed E-state index contributed by atoms with van der Waals surface area (Å²) in [6.07, 6.45) is 4.88. The van der Waals surface area contributed by atoms with E-state index in [9.17, 15) is 4.79 Å². The summed E-state index contributed by atoms with van der Waals surface area (Å²) in [6.45, 7) is 3.33. The maximum atomic E-state index is 12.0. The third kappa shape index (κ3) is 5.62. The molecule has 0 saturated heterocycles. The van der Waals surface area contributed by atoms with Crippen molar-refractivity contribution in [3.05, 3.63) is 54.4 Å². The number of amides is 1. The van der Waals surface area contributed by atoms with Crippen molar-refractivity contribution in [3.8, 4) is 11.5 Å². The van der Waals surface area contributed by atoms with E-state index in [1.165, 1.54) is 11.1 Å². The predicted octanol–water partition coefficient (Wildman–Crippen LogP) is 3.89. The molecule has 1 aromatic heterocycles. The highest BCUT2D eigenvalue weighted by Crippen LogP contribution is 2.15. The molecule has 2 rings (SSSR count). The van der Waals surface area contributed by atoms with Crippen LogP contribution in [0.5, 0.6) is 11.5 Å². The molecule has 0 spiro atoms. The molecule has 0 bridgehead atoms. The van der Waals surface area contributed by atoms with E-state index in [2.05, 4.69) is 11.9 Å². The topological polar surface area (TPSA) is 51.7 Å². The van der Waals surface area contributed by atoms with E-state index in [1.807, 2.05) is 24.3 Å². The van der Waals surface area contributed by atoms with E-state index in [-0.39, 0.29) is 0 Å². The zero-order chi connectivity index (χ0) is 16.5. The molecular weight excluding hydrogens is 292 g/mol. The van der Waals surface area contributed by atoms with Gasteiger partial charge in [0.05, 0.1) is 12.8 Å². The highest BCUT2D eigenvalue weighted by atomic mass is 16.6. The molecule has 2 aromatic rings. The van der Waals surface area contributed by atoms with Crippen LogP contribution in [0.4, 0.5) is 4.79 Å². The van der Waals surface area contributed by atoms with Gasteiger partial charge in [-0.15, -0.1) is 0 Å². The van der Waals surface area contributed by atoms with E-state index in [0.29, 0.717) is 12.3 Å². The van der Waals surface area contributed by atoms with Gasteiger partial charge in [0.2, 0.25) is 0 Å². The first-order valence-electron chi connectivity index (χ1n) is 7.73. The average molecular weight is 314 g/mol. The Balaban J connectivity index is 1.84. The van der Waals surface area contributed by atoms with E-state index < -0.39 is 6.09 Å². The van der Waals surface area contributed by atoms with Crippen molar-refractivity contribution in [1.29, 1.82) is 0 Å². The zero-order valence-electron chi connectivity index (χ0n) is 13.6. The Labute approximate surface area is 136 Å². The molecule has 5 heteroatoms. The molecule has 0 aliphatic carbocycles. The molecule has 0 N–H and O–H groups in total. The Morgan fingerprint density at radius 3 is 2.61 bits per heavy atom. The number of benzene rings is 1. The molecule has 0 aliphatic heterocycles. The molecule has 0 radical (unpaired) electrons. The Kier molecular flexibility index (Phi) is 6.41. The molecule has 1 aromatic carbocycles. The summed E-state index contributed by atoms with van der Waals surface area (Å²) in [7, 11) is 1.70. The molecule has 0 unspecified atom stereocenters.